The second kappa shape index (κ2) is 12.2. The van der Waals surface area contributed by atoms with Gasteiger partial charge in [-0.05, 0) is 70.3 Å². The van der Waals surface area contributed by atoms with E-state index in [0.717, 1.165) is 11.1 Å². The Morgan fingerprint density at radius 3 is 2.33 bits per heavy atom. The van der Waals surface area contributed by atoms with Gasteiger partial charge >= 0.3 is 0 Å². The summed E-state index contributed by atoms with van der Waals surface area (Å²) in [6, 6.07) is 21.7. The third-order valence-electron chi connectivity index (χ3n) is 6.59. The zero-order chi connectivity index (χ0) is 28.1. The van der Waals surface area contributed by atoms with Crippen LogP contribution in [0.15, 0.2) is 78.4 Å². The van der Waals surface area contributed by atoms with Crippen molar-refractivity contribution in [2.45, 2.75) is 39.5 Å². The number of ketones is 1. The molecule has 1 fully saturated rings. The molecule has 0 saturated carbocycles. The number of carbonyl (C=O) groups excluding carboxylic acids is 2. The van der Waals surface area contributed by atoms with E-state index in [2.05, 4.69) is 0 Å². The van der Waals surface area contributed by atoms with Gasteiger partial charge in [-0.25, -0.2) is 0 Å². The Hall–Kier alpha value is -4.10. The molecule has 0 aromatic heterocycles. The van der Waals surface area contributed by atoms with Gasteiger partial charge in [0.1, 0.15) is 23.9 Å². The Morgan fingerprint density at radius 1 is 0.974 bits per heavy atom. The molecule has 204 valence electrons. The summed E-state index contributed by atoms with van der Waals surface area (Å²) in [5.41, 5.74) is 3.00. The Balaban J connectivity index is 1.75. The number of Topliss-reactive ketones (excluding diaryl/α,β-unsaturated/α-hetero) is 1. The van der Waals surface area contributed by atoms with Crippen molar-refractivity contribution in [1.82, 2.24) is 9.80 Å². The summed E-state index contributed by atoms with van der Waals surface area (Å²) < 4.78 is 12.0. The van der Waals surface area contributed by atoms with Crippen LogP contribution in [0.5, 0.6) is 11.5 Å². The number of aliphatic hydroxyl groups excluding tert-OH is 1. The lowest BCUT2D eigenvalue weighted by Gasteiger charge is -2.28. The highest BCUT2D eigenvalue weighted by Gasteiger charge is 2.47. The van der Waals surface area contributed by atoms with Crippen LogP contribution in [0.1, 0.15) is 42.1 Å². The maximum Gasteiger partial charge on any atom is 0.295 e. The topological polar surface area (TPSA) is 79.3 Å². The SMILES string of the molecule is Cc1cc(/C(O)=C2/C(=O)C(=O)N(CCN(C)C)C2c2ccccc2OC(C)C)ccc1OCc1ccccc1. The molecule has 39 heavy (non-hydrogen) atoms. The predicted molar refractivity (Wildman–Crippen MR) is 152 cm³/mol. The first-order valence-electron chi connectivity index (χ1n) is 13.1. The van der Waals surface area contributed by atoms with Gasteiger partial charge in [0.15, 0.2) is 0 Å². The Bertz CT molecular complexity index is 1360. The molecule has 1 amide bonds. The zero-order valence-corrected chi connectivity index (χ0v) is 23.2. The van der Waals surface area contributed by atoms with E-state index >= 15 is 0 Å². The number of amides is 1. The number of para-hydroxylation sites is 1. The highest BCUT2D eigenvalue weighted by atomic mass is 16.5. The molecule has 0 bridgehead atoms. The molecule has 7 nitrogen and oxygen atoms in total. The maximum absolute atomic E-state index is 13.4. The maximum atomic E-state index is 13.4. The zero-order valence-electron chi connectivity index (χ0n) is 23.2. The fraction of sp³-hybridized carbons (Fsp3) is 0.312. The highest BCUT2D eigenvalue weighted by molar-refractivity contribution is 6.46. The van der Waals surface area contributed by atoms with Gasteiger partial charge in [0.05, 0.1) is 17.7 Å². The van der Waals surface area contributed by atoms with E-state index in [1.807, 2.05) is 94.4 Å². The van der Waals surface area contributed by atoms with Crippen LogP contribution in [0.2, 0.25) is 0 Å². The molecule has 1 aliphatic heterocycles. The number of rotatable bonds is 10. The van der Waals surface area contributed by atoms with Crippen molar-refractivity contribution in [1.29, 1.82) is 0 Å². The van der Waals surface area contributed by atoms with Gasteiger partial charge in [-0.15, -0.1) is 0 Å². The number of likely N-dealkylation sites (tertiary alicyclic amines) is 1. The molecule has 1 heterocycles. The van der Waals surface area contributed by atoms with Crippen LogP contribution in [0.4, 0.5) is 0 Å². The summed E-state index contributed by atoms with van der Waals surface area (Å²) >= 11 is 0. The van der Waals surface area contributed by atoms with Gasteiger partial charge in [-0.1, -0.05) is 48.5 Å². The van der Waals surface area contributed by atoms with Gasteiger partial charge in [0.2, 0.25) is 0 Å². The molecule has 3 aromatic carbocycles. The molecule has 1 unspecified atom stereocenters. The van der Waals surface area contributed by atoms with Crippen LogP contribution >= 0.6 is 0 Å². The average molecular weight is 529 g/mol. The quantitative estimate of drug-likeness (QED) is 0.217. The minimum atomic E-state index is -0.783. The normalized spacial score (nSPS) is 16.8. The van der Waals surface area contributed by atoms with Crippen molar-refractivity contribution in [3.05, 3.63) is 101 Å². The van der Waals surface area contributed by atoms with Crippen molar-refractivity contribution in [3.8, 4) is 11.5 Å². The number of aryl methyl sites for hydroxylation is 1. The first-order chi connectivity index (χ1) is 18.7. The molecule has 0 spiro atoms. The fourth-order valence-corrected chi connectivity index (χ4v) is 4.66. The Morgan fingerprint density at radius 2 is 1.67 bits per heavy atom. The molecule has 1 atom stereocenters. The Labute approximate surface area is 230 Å². The van der Waals surface area contributed by atoms with Crippen LogP contribution in [0.3, 0.4) is 0 Å². The number of ether oxygens (including phenoxy) is 2. The summed E-state index contributed by atoms with van der Waals surface area (Å²) in [6.45, 7) is 7.02. The number of aliphatic hydroxyl groups is 1. The minimum absolute atomic E-state index is 0.0518. The van der Waals surface area contributed by atoms with E-state index in [0.29, 0.717) is 42.3 Å². The van der Waals surface area contributed by atoms with Gasteiger partial charge in [-0.2, -0.15) is 0 Å². The van der Waals surface area contributed by atoms with Crippen molar-refractivity contribution in [2.24, 2.45) is 0 Å². The largest absolute Gasteiger partial charge is 0.507 e. The van der Waals surface area contributed by atoms with Gasteiger partial charge in [-0.3, -0.25) is 9.59 Å². The lowest BCUT2D eigenvalue weighted by molar-refractivity contribution is -0.140. The second-order valence-electron chi connectivity index (χ2n) is 10.3. The monoisotopic (exact) mass is 528 g/mol. The Kier molecular flexibility index (Phi) is 8.72. The third-order valence-corrected chi connectivity index (χ3v) is 6.59. The fourth-order valence-electron chi connectivity index (χ4n) is 4.66. The van der Waals surface area contributed by atoms with Gasteiger partial charge in [0.25, 0.3) is 11.7 Å². The molecule has 1 saturated heterocycles. The van der Waals surface area contributed by atoms with Crippen molar-refractivity contribution in [2.75, 3.05) is 27.2 Å². The molecule has 0 radical (unpaired) electrons. The average Bonchev–Trinajstić information content (AvgIpc) is 3.16. The van der Waals surface area contributed by atoms with E-state index in [-0.39, 0.29) is 17.4 Å². The van der Waals surface area contributed by atoms with Gasteiger partial charge < -0.3 is 24.4 Å². The number of carbonyl (C=O) groups is 2. The summed E-state index contributed by atoms with van der Waals surface area (Å²) in [5.74, 6) is -0.322. The number of benzene rings is 3. The minimum Gasteiger partial charge on any atom is -0.507 e. The van der Waals surface area contributed by atoms with E-state index in [1.165, 1.54) is 4.90 Å². The van der Waals surface area contributed by atoms with Crippen LogP contribution in [0, 0.1) is 6.92 Å². The molecule has 4 rings (SSSR count). The molecule has 3 aromatic rings. The number of nitrogens with zero attached hydrogens (tertiary/aromatic N) is 2. The second-order valence-corrected chi connectivity index (χ2v) is 10.3. The molecule has 1 N–H and O–H groups in total. The van der Waals surface area contributed by atoms with Crippen LogP contribution in [-0.2, 0) is 16.2 Å². The summed E-state index contributed by atoms with van der Waals surface area (Å²) in [7, 11) is 3.82. The lowest BCUT2D eigenvalue weighted by Crippen LogP contribution is -2.35. The summed E-state index contributed by atoms with van der Waals surface area (Å²) in [4.78, 5) is 30.2. The van der Waals surface area contributed by atoms with Crippen molar-refractivity contribution < 1.29 is 24.2 Å². The molecule has 7 heteroatoms. The summed E-state index contributed by atoms with van der Waals surface area (Å²) in [6.07, 6.45) is -0.110. The standard InChI is InChI=1S/C32H36N2O5/c1-21(2)39-27-14-10-9-13-25(27)29-28(31(36)32(37)34(29)18-17-33(4)5)30(35)24-15-16-26(22(3)19-24)38-20-23-11-7-6-8-12-23/h6-16,19,21,29,35H,17-18,20H2,1-5H3/b30-28-. The van der Waals surface area contributed by atoms with E-state index in [1.54, 1.807) is 18.2 Å². The molecular weight excluding hydrogens is 492 g/mol. The third kappa shape index (κ3) is 6.32. The first-order valence-corrected chi connectivity index (χ1v) is 13.1. The summed E-state index contributed by atoms with van der Waals surface area (Å²) in [5, 5.41) is 11.5. The lowest BCUT2D eigenvalue weighted by atomic mass is 9.94. The van der Waals surface area contributed by atoms with Crippen molar-refractivity contribution in [3.63, 3.8) is 0 Å². The van der Waals surface area contributed by atoms with Gasteiger partial charge in [0, 0.05) is 24.2 Å². The predicted octanol–water partition coefficient (Wildman–Crippen LogP) is 5.34. The highest BCUT2D eigenvalue weighted by Crippen LogP contribution is 2.43. The number of hydrogen-bond acceptors (Lipinski definition) is 6. The van der Waals surface area contributed by atoms with Crippen LogP contribution in [-0.4, -0.2) is 59.9 Å². The van der Waals surface area contributed by atoms with Crippen LogP contribution in [0.25, 0.3) is 5.76 Å². The van der Waals surface area contributed by atoms with E-state index in [9.17, 15) is 14.7 Å². The number of hydrogen-bond donors (Lipinski definition) is 1. The number of likely N-dealkylation sites (N-methyl/N-ethyl adjacent to an activating group) is 1. The van der Waals surface area contributed by atoms with Crippen molar-refractivity contribution >= 4 is 17.4 Å². The van der Waals surface area contributed by atoms with E-state index in [4.69, 9.17) is 9.47 Å². The van der Waals surface area contributed by atoms with Crippen LogP contribution < -0.4 is 9.47 Å². The first kappa shape index (κ1) is 27.9. The molecular formula is C32H36N2O5. The smallest absolute Gasteiger partial charge is 0.295 e. The molecule has 1 aliphatic rings. The molecule has 0 aliphatic carbocycles. The van der Waals surface area contributed by atoms with E-state index < -0.39 is 17.7 Å².